The lowest BCUT2D eigenvalue weighted by Gasteiger charge is -2.29. The van der Waals surface area contributed by atoms with Gasteiger partial charge in [0.05, 0.1) is 12.0 Å². The minimum Gasteiger partial charge on any atom is -0.335 e. The number of carbonyl (C=O) groups excluding carboxylic acids is 1. The molecule has 0 saturated carbocycles. The van der Waals surface area contributed by atoms with Crippen LogP contribution in [0.5, 0.6) is 0 Å². The summed E-state index contributed by atoms with van der Waals surface area (Å²) in [6.45, 7) is 7.06. The molecule has 0 radical (unpaired) electrons. The van der Waals surface area contributed by atoms with Crippen LogP contribution in [0.3, 0.4) is 0 Å². The molecule has 3 atom stereocenters. The van der Waals surface area contributed by atoms with Crippen molar-refractivity contribution in [3.63, 3.8) is 0 Å². The highest BCUT2D eigenvalue weighted by Gasteiger charge is 2.38. The quantitative estimate of drug-likeness (QED) is 0.897. The van der Waals surface area contributed by atoms with E-state index < -0.39 is 0 Å². The molecular formula is C17H24N2O. The predicted molar refractivity (Wildman–Crippen MR) is 80.4 cm³/mol. The molecule has 3 unspecified atom stereocenters. The van der Waals surface area contributed by atoms with E-state index in [4.69, 9.17) is 0 Å². The number of aryl methyl sites for hydroxylation is 1. The second-order valence-electron chi connectivity index (χ2n) is 6.29. The average Bonchev–Trinajstić information content (AvgIpc) is 3.07. The molecule has 2 heterocycles. The highest BCUT2D eigenvalue weighted by molar-refractivity contribution is 5.80. The fourth-order valence-corrected chi connectivity index (χ4v) is 3.67. The summed E-state index contributed by atoms with van der Waals surface area (Å²) in [7, 11) is 0. The normalized spacial score (nSPS) is 29.9. The van der Waals surface area contributed by atoms with Gasteiger partial charge < -0.3 is 10.2 Å². The van der Waals surface area contributed by atoms with Crippen molar-refractivity contribution in [2.75, 3.05) is 19.6 Å². The van der Waals surface area contributed by atoms with Crippen LogP contribution in [0.1, 0.15) is 36.9 Å². The van der Waals surface area contributed by atoms with E-state index >= 15 is 0 Å². The number of hydrogen-bond acceptors (Lipinski definition) is 2. The molecule has 2 aliphatic rings. The van der Waals surface area contributed by atoms with E-state index in [1.165, 1.54) is 11.1 Å². The number of nitrogens with one attached hydrogen (secondary N) is 1. The lowest BCUT2D eigenvalue weighted by atomic mass is 9.94. The second-order valence-corrected chi connectivity index (χ2v) is 6.29. The van der Waals surface area contributed by atoms with E-state index in [1.807, 2.05) is 0 Å². The third kappa shape index (κ3) is 2.35. The summed E-state index contributed by atoms with van der Waals surface area (Å²) in [5.74, 6) is 0.980. The lowest BCUT2D eigenvalue weighted by Crippen LogP contribution is -2.38. The summed E-state index contributed by atoms with van der Waals surface area (Å²) in [4.78, 5) is 15.0. The first kappa shape index (κ1) is 13.6. The third-order valence-corrected chi connectivity index (χ3v) is 4.92. The zero-order valence-corrected chi connectivity index (χ0v) is 12.4. The molecule has 0 aliphatic carbocycles. The maximum Gasteiger partial charge on any atom is 0.227 e. The Labute approximate surface area is 121 Å². The highest BCUT2D eigenvalue weighted by Crippen LogP contribution is 2.35. The predicted octanol–water partition coefficient (Wildman–Crippen LogP) is 2.51. The number of amides is 1. The summed E-state index contributed by atoms with van der Waals surface area (Å²) in [5.41, 5.74) is 2.63. The Morgan fingerprint density at radius 1 is 1.30 bits per heavy atom. The van der Waals surface area contributed by atoms with Gasteiger partial charge in [0.2, 0.25) is 5.91 Å². The number of likely N-dealkylation sites (tertiary alicyclic amines) is 1. The average molecular weight is 272 g/mol. The molecular weight excluding hydrogens is 248 g/mol. The first-order valence-electron chi connectivity index (χ1n) is 7.75. The van der Waals surface area contributed by atoms with Gasteiger partial charge in [-0.15, -0.1) is 0 Å². The van der Waals surface area contributed by atoms with Gasteiger partial charge in [-0.1, -0.05) is 31.2 Å². The van der Waals surface area contributed by atoms with Crippen molar-refractivity contribution >= 4 is 5.91 Å². The topological polar surface area (TPSA) is 32.3 Å². The van der Waals surface area contributed by atoms with Crippen molar-refractivity contribution in [2.24, 2.45) is 11.8 Å². The van der Waals surface area contributed by atoms with Crippen LogP contribution in [0.4, 0.5) is 0 Å². The molecule has 3 heteroatoms. The van der Waals surface area contributed by atoms with Crippen molar-refractivity contribution in [1.29, 1.82) is 0 Å². The molecule has 1 N–H and O–H groups in total. The molecule has 1 aromatic rings. The number of nitrogens with zero attached hydrogens (tertiary/aromatic N) is 1. The maximum absolute atomic E-state index is 12.8. The molecule has 20 heavy (non-hydrogen) atoms. The minimum absolute atomic E-state index is 0.166. The molecule has 2 saturated heterocycles. The summed E-state index contributed by atoms with van der Waals surface area (Å²) < 4.78 is 0. The maximum atomic E-state index is 12.8. The van der Waals surface area contributed by atoms with Crippen molar-refractivity contribution in [1.82, 2.24) is 10.2 Å². The van der Waals surface area contributed by atoms with Crippen LogP contribution in [0, 0.1) is 18.8 Å². The van der Waals surface area contributed by atoms with E-state index in [2.05, 4.69) is 48.3 Å². The van der Waals surface area contributed by atoms with E-state index in [9.17, 15) is 4.79 Å². The second kappa shape index (κ2) is 5.57. The largest absolute Gasteiger partial charge is 0.335 e. The molecule has 2 fully saturated rings. The third-order valence-electron chi connectivity index (χ3n) is 4.92. The number of benzene rings is 1. The fraction of sp³-hybridized carbons (Fsp3) is 0.588. The first-order valence-corrected chi connectivity index (χ1v) is 7.75. The zero-order valence-electron chi connectivity index (χ0n) is 12.4. The van der Waals surface area contributed by atoms with Gasteiger partial charge >= 0.3 is 0 Å². The van der Waals surface area contributed by atoms with Crippen molar-refractivity contribution in [2.45, 2.75) is 32.7 Å². The van der Waals surface area contributed by atoms with Crippen LogP contribution in [-0.4, -0.2) is 30.4 Å². The van der Waals surface area contributed by atoms with Gasteiger partial charge in [-0.3, -0.25) is 4.79 Å². The van der Waals surface area contributed by atoms with Gasteiger partial charge in [-0.25, -0.2) is 0 Å². The molecule has 3 rings (SSSR count). The molecule has 0 spiro atoms. The number of carbonyl (C=O) groups is 1. The summed E-state index contributed by atoms with van der Waals surface area (Å²) in [6, 6.07) is 8.78. The van der Waals surface area contributed by atoms with Crippen LogP contribution < -0.4 is 5.32 Å². The molecule has 2 aliphatic heterocycles. The minimum atomic E-state index is 0.166. The Balaban J connectivity index is 1.82. The molecule has 1 amide bonds. The van der Waals surface area contributed by atoms with E-state index in [1.54, 1.807) is 0 Å². The van der Waals surface area contributed by atoms with Crippen LogP contribution in [0.15, 0.2) is 24.3 Å². The Morgan fingerprint density at radius 3 is 2.80 bits per heavy atom. The van der Waals surface area contributed by atoms with Gasteiger partial charge in [0.1, 0.15) is 0 Å². The summed E-state index contributed by atoms with van der Waals surface area (Å²) in [5, 5.41) is 3.34. The Morgan fingerprint density at radius 2 is 2.10 bits per heavy atom. The van der Waals surface area contributed by atoms with E-state index in [0.29, 0.717) is 11.8 Å². The molecule has 0 aromatic heterocycles. The summed E-state index contributed by atoms with van der Waals surface area (Å²) >= 11 is 0. The van der Waals surface area contributed by atoms with Crippen LogP contribution >= 0.6 is 0 Å². The SMILES string of the molecule is Cc1ccccc1C1CCCN1C(=O)C1CNCC1C. The van der Waals surface area contributed by atoms with Gasteiger partial charge in [-0.05, 0) is 43.4 Å². The zero-order chi connectivity index (χ0) is 14.1. The van der Waals surface area contributed by atoms with E-state index in [-0.39, 0.29) is 12.0 Å². The van der Waals surface area contributed by atoms with E-state index in [0.717, 1.165) is 32.5 Å². The monoisotopic (exact) mass is 272 g/mol. The molecule has 0 bridgehead atoms. The number of hydrogen-bond donors (Lipinski definition) is 1. The first-order chi connectivity index (χ1) is 9.68. The van der Waals surface area contributed by atoms with Crippen molar-refractivity contribution in [3.05, 3.63) is 35.4 Å². The van der Waals surface area contributed by atoms with Gasteiger partial charge in [0.15, 0.2) is 0 Å². The van der Waals surface area contributed by atoms with Crippen LogP contribution in [0.2, 0.25) is 0 Å². The summed E-state index contributed by atoms with van der Waals surface area (Å²) in [6.07, 6.45) is 2.23. The molecule has 108 valence electrons. The van der Waals surface area contributed by atoms with Crippen LogP contribution in [0.25, 0.3) is 0 Å². The van der Waals surface area contributed by atoms with Crippen LogP contribution in [-0.2, 0) is 4.79 Å². The molecule has 1 aromatic carbocycles. The number of rotatable bonds is 2. The molecule has 3 nitrogen and oxygen atoms in total. The fourth-order valence-electron chi connectivity index (χ4n) is 3.67. The Hall–Kier alpha value is -1.35. The Kier molecular flexibility index (Phi) is 3.79. The Bertz CT molecular complexity index is 500. The van der Waals surface area contributed by atoms with Crippen molar-refractivity contribution < 1.29 is 4.79 Å². The standard InChI is InChI=1S/C17H24N2O/c1-12-6-3-4-7-14(12)16-8-5-9-19(16)17(20)15-11-18-10-13(15)2/h3-4,6-7,13,15-16,18H,5,8-11H2,1-2H3. The van der Waals surface area contributed by atoms with Gasteiger partial charge in [0.25, 0.3) is 0 Å². The highest BCUT2D eigenvalue weighted by atomic mass is 16.2. The van der Waals surface area contributed by atoms with Gasteiger partial charge in [-0.2, -0.15) is 0 Å². The van der Waals surface area contributed by atoms with Crippen molar-refractivity contribution in [3.8, 4) is 0 Å². The smallest absolute Gasteiger partial charge is 0.227 e. The van der Waals surface area contributed by atoms with Gasteiger partial charge in [0, 0.05) is 13.1 Å². The lowest BCUT2D eigenvalue weighted by molar-refractivity contribution is -0.137.